The van der Waals surface area contributed by atoms with Gasteiger partial charge in [0.25, 0.3) is 0 Å². The van der Waals surface area contributed by atoms with Crippen LogP contribution in [0.25, 0.3) is 0 Å². The van der Waals surface area contributed by atoms with Crippen molar-refractivity contribution in [1.82, 2.24) is 9.97 Å². The van der Waals surface area contributed by atoms with Crippen LogP contribution in [0.15, 0.2) is 12.4 Å². The first kappa shape index (κ1) is 9.08. The van der Waals surface area contributed by atoms with E-state index >= 15 is 0 Å². The summed E-state index contributed by atoms with van der Waals surface area (Å²) in [6.45, 7) is 1.16. The highest BCUT2D eigenvalue weighted by molar-refractivity contribution is 5.91. The van der Waals surface area contributed by atoms with Crippen LogP contribution in [-0.4, -0.2) is 29.1 Å². The normalized spacial score (nSPS) is 20.7. The number of aromatic nitrogens is 2. The Morgan fingerprint density at radius 2 is 2.64 bits per heavy atom. The Balaban J connectivity index is 1.94. The van der Waals surface area contributed by atoms with Crippen LogP contribution in [0.4, 0.5) is 5.82 Å². The Morgan fingerprint density at radius 3 is 3.29 bits per heavy atom. The molecular weight excluding hydrogens is 182 g/mol. The summed E-state index contributed by atoms with van der Waals surface area (Å²) in [5.41, 5.74) is 0. The Kier molecular flexibility index (Phi) is 2.69. The number of ether oxygens (including phenoxy) is 1. The fourth-order valence-corrected chi connectivity index (χ4v) is 1.30. The fourth-order valence-electron chi connectivity index (χ4n) is 1.30. The zero-order valence-corrected chi connectivity index (χ0v) is 7.56. The lowest BCUT2D eigenvalue weighted by Crippen LogP contribution is -2.23. The average Bonchev–Trinajstić information content (AvgIpc) is 2.72. The van der Waals surface area contributed by atoms with Crippen LogP contribution >= 0.6 is 0 Å². The molecule has 0 aliphatic carbocycles. The van der Waals surface area contributed by atoms with Gasteiger partial charge < -0.3 is 10.1 Å². The third-order valence-corrected chi connectivity index (χ3v) is 2.08. The van der Waals surface area contributed by atoms with Gasteiger partial charge in [-0.2, -0.15) is 0 Å². The van der Waals surface area contributed by atoms with E-state index in [4.69, 9.17) is 4.74 Å². The third kappa shape index (κ3) is 2.05. The zero-order valence-electron chi connectivity index (χ0n) is 7.56. The van der Waals surface area contributed by atoms with Gasteiger partial charge in [-0.25, -0.2) is 9.97 Å². The molecule has 0 spiro atoms. The standard InChI is InChI=1S/C9H10N3O2/c13-9(7-2-4-14-5-7)12-8-1-3-10-6-11-8/h1,6-7H,2,4-5H2,(H,10,11,12,13). The fraction of sp³-hybridized carbons (Fsp3) is 0.444. The number of carbonyl (C=O) groups excluding carboxylic acids is 1. The van der Waals surface area contributed by atoms with E-state index < -0.39 is 0 Å². The number of rotatable bonds is 2. The summed E-state index contributed by atoms with van der Waals surface area (Å²) >= 11 is 0. The van der Waals surface area contributed by atoms with Gasteiger partial charge in [-0.1, -0.05) is 0 Å². The van der Waals surface area contributed by atoms with E-state index in [1.165, 1.54) is 12.4 Å². The average molecular weight is 192 g/mol. The molecule has 0 aromatic carbocycles. The van der Waals surface area contributed by atoms with E-state index in [0.29, 0.717) is 19.0 Å². The van der Waals surface area contributed by atoms with Crippen molar-refractivity contribution >= 4 is 11.7 Å². The molecule has 1 N–H and O–H groups in total. The molecule has 1 radical (unpaired) electrons. The van der Waals surface area contributed by atoms with Crippen molar-refractivity contribution in [1.29, 1.82) is 0 Å². The highest BCUT2D eigenvalue weighted by atomic mass is 16.5. The molecule has 73 valence electrons. The van der Waals surface area contributed by atoms with Gasteiger partial charge in [0.15, 0.2) is 0 Å². The molecule has 1 aromatic heterocycles. The van der Waals surface area contributed by atoms with Crippen molar-refractivity contribution in [3.05, 3.63) is 18.6 Å². The Hall–Kier alpha value is -1.49. The maximum Gasteiger partial charge on any atom is 0.231 e. The van der Waals surface area contributed by atoms with Crippen molar-refractivity contribution in [2.45, 2.75) is 6.42 Å². The third-order valence-electron chi connectivity index (χ3n) is 2.08. The highest BCUT2D eigenvalue weighted by Crippen LogP contribution is 2.14. The second-order valence-electron chi connectivity index (χ2n) is 3.08. The molecule has 0 bridgehead atoms. The van der Waals surface area contributed by atoms with Crippen LogP contribution in [0.3, 0.4) is 0 Å². The van der Waals surface area contributed by atoms with Crippen LogP contribution in [0.5, 0.6) is 0 Å². The molecule has 5 heteroatoms. The number of nitrogens with zero attached hydrogens (tertiary/aromatic N) is 2. The quantitative estimate of drug-likeness (QED) is 0.729. The Bertz CT molecular complexity index is 309. The summed E-state index contributed by atoms with van der Waals surface area (Å²) in [4.78, 5) is 19.1. The smallest absolute Gasteiger partial charge is 0.231 e. The highest BCUT2D eigenvalue weighted by Gasteiger charge is 2.23. The minimum Gasteiger partial charge on any atom is -0.381 e. The minimum absolute atomic E-state index is 0.0467. The molecule has 1 fully saturated rings. The molecular formula is C9H10N3O2. The first-order valence-electron chi connectivity index (χ1n) is 4.43. The van der Waals surface area contributed by atoms with E-state index in [9.17, 15) is 4.79 Å². The predicted octanol–water partition coefficient (Wildman–Crippen LogP) is 0.252. The van der Waals surface area contributed by atoms with Crippen LogP contribution in [0, 0.1) is 12.1 Å². The van der Waals surface area contributed by atoms with Gasteiger partial charge in [-0.15, -0.1) is 0 Å². The molecule has 2 heterocycles. The molecule has 0 saturated carbocycles. The molecule has 5 nitrogen and oxygen atoms in total. The summed E-state index contributed by atoms with van der Waals surface area (Å²) in [5, 5.41) is 2.68. The maximum absolute atomic E-state index is 11.5. The van der Waals surface area contributed by atoms with Gasteiger partial charge in [0, 0.05) is 12.7 Å². The topological polar surface area (TPSA) is 64.1 Å². The first-order valence-corrected chi connectivity index (χ1v) is 4.43. The van der Waals surface area contributed by atoms with Crippen molar-refractivity contribution in [3.8, 4) is 0 Å². The summed E-state index contributed by atoms with van der Waals surface area (Å²) in [6.07, 6.45) is 4.72. The molecule has 1 amide bonds. The molecule has 14 heavy (non-hydrogen) atoms. The number of hydrogen-bond donors (Lipinski definition) is 1. The van der Waals surface area contributed by atoms with Gasteiger partial charge in [0.05, 0.1) is 18.7 Å². The summed E-state index contributed by atoms with van der Waals surface area (Å²) in [7, 11) is 0. The second kappa shape index (κ2) is 4.15. The number of carbonyl (C=O) groups is 1. The van der Waals surface area contributed by atoms with Crippen molar-refractivity contribution in [3.63, 3.8) is 0 Å². The maximum atomic E-state index is 11.5. The van der Waals surface area contributed by atoms with Gasteiger partial charge in [0.2, 0.25) is 5.91 Å². The predicted molar refractivity (Wildman–Crippen MR) is 48.4 cm³/mol. The van der Waals surface area contributed by atoms with Crippen molar-refractivity contribution in [2.24, 2.45) is 5.92 Å². The molecule has 1 atom stereocenters. The SMILES string of the molecule is O=C(Nc1c[c]ncn1)C1CCOC1. The zero-order chi connectivity index (χ0) is 9.80. The number of nitrogens with one attached hydrogen (secondary N) is 1. The molecule has 1 saturated heterocycles. The Labute approximate surface area is 81.5 Å². The van der Waals surface area contributed by atoms with E-state index in [0.717, 1.165) is 6.42 Å². The minimum atomic E-state index is -0.0510. The van der Waals surface area contributed by atoms with Gasteiger partial charge in [0.1, 0.15) is 12.1 Å². The van der Waals surface area contributed by atoms with E-state index in [2.05, 4.69) is 21.5 Å². The van der Waals surface area contributed by atoms with E-state index in [1.807, 2.05) is 0 Å². The van der Waals surface area contributed by atoms with E-state index in [1.54, 1.807) is 0 Å². The summed E-state index contributed by atoms with van der Waals surface area (Å²) in [6, 6.07) is 1.54. The van der Waals surface area contributed by atoms with Gasteiger partial charge in [-0.05, 0) is 6.42 Å². The number of amides is 1. The summed E-state index contributed by atoms with van der Waals surface area (Å²) < 4.78 is 5.11. The van der Waals surface area contributed by atoms with Crippen LogP contribution in [-0.2, 0) is 9.53 Å². The van der Waals surface area contributed by atoms with Crippen molar-refractivity contribution in [2.75, 3.05) is 18.5 Å². The second-order valence-corrected chi connectivity index (χ2v) is 3.08. The lowest BCUT2D eigenvalue weighted by Gasteiger charge is -2.07. The molecule has 2 rings (SSSR count). The number of hydrogen-bond acceptors (Lipinski definition) is 4. The van der Waals surface area contributed by atoms with Crippen LogP contribution < -0.4 is 5.32 Å². The van der Waals surface area contributed by atoms with Crippen LogP contribution in [0.1, 0.15) is 6.42 Å². The lowest BCUT2D eigenvalue weighted by molar-refractivity contribution is -0.119. The first-order chi connectivity index (χ1) is 6.86. The van der Waals surface area contributed by atoms with Crippen LogP contribution in [0.2, 0.25) is 0 Å². The molecule has 1 unspecified atom stereocenters. The largest absolute Gasteiger partial charge is 0.381 e. The monoisotopic (exact) mass is 192 g/mol. The molecule has 1 aliphatic rings. The van der Waals surface area contributed by atoms with Crippen molar-refractivity contribution < 1.29 is 9.53 Å². The molecule has 1 aliphatic heterocycles. The number of anilines is 1. The summed E-state index contributed by atoms with van der Waals surface area (Å²) in [5.74, 6) is 0.386. The lowest BCUT2D eigenvalue weighted by atomic mass is 10.1. The van der Waals surface area contributed by atoms with E-state index in [-0.39, 0.29) is 11.8 Å². The van der Waals surface area contributed by atoms with Gasteiger partial charge >= 0.3 is 0 Å². The molecule has 1 aromatic rings. The Morgan fingerprint density at radius 1 is 1.71 bits per heavy atom. The van der Waals surface area contributed by atoms with Gasteiger partial charge in [-0.3, -0.25) is 4.79 Å².